The molecule has 0 unspecified atom stereocenters. The van der Waals surface area contributed by atoms with Crippen LogP contribution < -0.4 is 0 Å². The van der Waals surface area contributed by atoms with E-state index in [1.165, 1.54) is 16.8 Å². The molecule has 0 aliphatic heterocycles. The summed E-state index contributed by atoms with van der Waals surface area (Å²) in [6.07, 6.45) is 0. The molecule has 1 heterocycles. The Morgan fingerprint density at radius 2 is 1.95 bits per heavy atom. The van der Waals surface area contributed by atoms with Crippen molar-refractivity contribution in [1.29, 1.82) is 5.26 Å². The highest BCUT2D eigenvalue weighted by Gasteiger charge is 2.26. The molecule has 2 rings (SSSR count). The van der Waals surface area contributed by atoms with E-state index in [4.69, 9.17) is 23.2 Å². The van der Waals surface area contributed by atoms with Crippen LogP contribution in [-0.4, -0.2) is 9.78 Å². The minimum absolute atomic E-state index is 0.0218. The van der Waals surface area contributed by atoms with Crippen LogP contribution in [0.25, 0.3) is 5.69 Å². The van der Waals surface area contributed by atoms with Gasteiger partial charge in [0.2, 0.25) is 0 Å². The minimum Gasteiger partial charge on any atom is -0.220 e. The fourth-order valence-electron chi connectivity index (χ4n) is 1.81. The van der Waals surface area contributed by atoms with Crippen LogP contribution in [0.5, 0.6) is 0 Å². The molecule has 2 aromatic rings. The molecule has 0 aliphatic rings. The first-order valence-electron chi connectivity index (χ1n) is 5.90. The van der Waals surface area contributed by atoms with Crippen molar-refractivity contribution in [2.45, 2.75) is 26.2 Å². The van der Waals surface area contributed by atoms with E-state index in [9.17, 15) is 9.65 Å². The normalized spacial score (nSPS) is 11.4. The lowest BCUT2D eigenvalue weighted by atomic mass is 9.90. The number of aromatic nitrogens is 2. The van der Waals surface area contributed by atoms with Crippen LogP contribution in [0.4, 0.5) is 4.39 Å². The van der Waals surface area contributed by atoms with Crippen molar-refractivity contribution in [2.75, 3.05) is 0 Å². The molecular weight excluding hydrogens is 300 g/mol. The predicted octanol–water partition coefficient (Wildman–Crippen LogP) is 4.49. The van der Waals surface area contributed by atoms with E-state index in [1.54, 1.807) is 6.07 Å². The summed E-state index contributed by atoms with van der Waals surface area (Å²) in [4.78, 5) is 0. The number of hydrogen-bond donors (Lipinski definition) is 0. The summed E-state index contributed by atoms with van der Waals surface area (Å²) in [5.41, 5.74) is 0.948. The Morgan fingerprint density at radius 1 is 1.30 bits per heavy atom. The van der Waals surface area contributed by atoms with Gasteiger partial charge in [0.1, 0.15) is 17.4 Å². The maximum atomic E-state index is 13.5. The molecular formula is C14H12Cl2FN3. The van der Waals surface area contributed by atoms with E-state index in [0.29, 0.717) is 16.9 Å². The van der Waals surface area contributed by atoms with Crippen molar-refractivity contribution >= 4 is 23.2 Å². The van der Waals surface area contributed by atoms with Gasteiger partial charge in [-0.2, -0.15) is 10.4 Å². The maximum absolute atomic E-state index is 13.5. The fraction of sp³-hybridized carbons (Fsp3) is 0.286. The Labute approximate surface area is 126 Å². The molecule has 0 saturated heterocycles. The molecule has 104 valence electrons. The zero-order valence-electron chi connectivity index (χ0n) is 11.2. The van der Waals surface area contributed by atoms with Crippen LogP contribution in [0.1, 0.15) is 32.0 Å². The quantitative estimate of drug-likeness (QED) is 0.778. The fourth-order valence-corrected chi connectivity index (χ4v) is 2.19. The highest BCUT2D eigenvalue weighted by Crippen LogP contribution is 2.31. The van der Waals surface area contributed by atoms with Crippen LogP contribution in [-0.2, 0) is 5.41 Å². The number of halogens is 3. The van der Waals surface area contributed by atoms with E-state index in [-0.39, 0.29) is 15.6 Å². The predicted molar refractivity (Wildman–Crippen MR) is 77.0 cm³/mol. The van der Waals surface area contributed by atoms with Crippen LogP contribution in [0.2, 0.25) is 10.2 Å². The third kappa shape index (κ3) is 2.52. The highest BCUT2D eigenvalue weighted by molar-refractivity contribution is 6.31. The van der Waals surface area contributed by atoms with Crippen molar-refractivity contribution in [2.24, 2.45) is 0 Å². The highest BCUT2D eigenvalue weighted by atomic mass is 35.5. The molecule has 3 nitrogen and oxygen atoms in total. The van der Waals surface area contributed by atoms with Gasteiger partial charge in [0, 0.05) is 11.5 Å². The van der Waals surface area contributed by atoms with E-state index in [0.717, 1.165) is 0 Å². The molecule has 1 aromatic carbocycles. The van der Waals surface area contributed by atoms with E-state index >= 15 is 0 Å². The molecule has 20 heavy (non-hydrogen) atoms. The largest absolute Gasteiger partial charge is 0.220 e. The summed E-state index contributed by atoms with van der Waals surface area (Å²) < 4.78 is 14.9. The third-order valence-electron chi connectivity index (χ3n) is 2.80. The van der Waals surface area contributed by atoms with Crippen molar-refractivity contribution in [3.8, 4) is 11.8 Å². The first kappa shape index (κ1) is 14.8. The molecule has 0 spiro atoms. The molecule has 0 fully saturated rings. The zero-order chi connectivity index (χ0) is 15.1. The van der Waals surface area contributed by atoms with Gasteiger partial charge in [0.05, 0.1) is 16.4 Å². The molecule has 0 radical (unpaired) electrons. The van der Waals surface area contributed by atoms with E-state index in [2.05, 4.69) is 11.2 Å². The summed E-state index contributed by atoms with van der Waals surface area (Å²) in [5.74, 6) is -0.563. The first-order chi connectivity index (χ1) is 9.25. The molecule has 0 saturated carbocycles. The van der Waals surface area contributed by atoms with Crippen LogP contribution >= 0.6 is 23.2 Å². The van der Waals surface area contributed by atoms with Gasteiger partial charge in [0.25, 0.3) is 0 Å². The van der Waals surface area contributed by atoms with Crippen molar-refractivity contribution in [1.82, 2.24) is 9.78 Å². The van der Waals surface area contributed by atoms with Gasteiger partial charge < -0.3 is 0 Å². The molecule has 0 bridgehead atoms. The van der Waals surface area contributed by atoms with Gasteiger partial charge in [-0.3, -0.25) is 0 Å². The lowest BCUT2D eigenvalue weighted by molar-refractivity contribution is 0.558. The average molecular weight is 312 g/mol. The topological polar surface area (TPSA) is 41.6 Å². The summed E-state index contributed by atoms with van der Waals surface area (Å²) in [6, 6.07) is 6.30. The molecule has 0 amide bonds. The Morgan fingerprint density at radius 3 is 2.40 bits per heavy atom. The van der Waals surface area contributed by atoms with Gasteiger partial charge in [-0.05, 0) is 12.1 Å². The van der Waals surface area contributed by atoms with Gasteiger partial charge in [-0.1, -0.05) is 44.0 Å². The Balaban J connectivity index is 2.67. The Bertz CT molecular complexity index is 708. The summed E-state index contributed by atoms with van der Waals surface area (Å²) in [6.45, 7) is 5.79. The van der Waals surface area contributed by atoms with Gasteiger partial charge in [-0.15, -0.1) is 0 Å². The van der Waals surface area contributed by atoms with Gasteiger partial charge in [0.15, 0.2) is 5.15 Å². The van der Waals surface area contributed by atoms with Crippen molar-refractivity contribution < 1.29 is 4.39 Å². The molecule has 6 heteroatoms. The molecule has 0 N–H and O–H groups in total. The van der Waals surface area contributed by atoms with Crippen molar-refractivity contribution in [3.63, 3.8) is 0 Å². The summed E-state index contributed by atoms with van der Waals surface area (Å²) in [7, 11) is 0. The number of nitriles is 1. The number of rotatable bonds is 1. The average Bonchev–Trinajstić information content (AvgIpc) is 2.69. The maximum Gasteiger partial charge on any atom is 0.150 e. The number of hydrogen-bond acceptors (Lipinski definition) is 2. The van der Waals surface area contributed by atoms with Crippen molar-refractivity contribution in [3.05, 3.63) is 45.4 Å². The molecule has 0 aliphatic carbocycles. The van der Waals surface area contributed by atoms with Crippen LogP contribution in [0.15, 0.2) is 18.2 Å². The second-order valence-corrected chi connectivity index (χ2v) is 6.15. The monoisotopic (exact) mass is 311 g/mol. The van der Waals surface area contributed by atoms with E-state index < -0.39 is 5.82 Å². The summed E-state index contributed by atoms with van der Waals surface area (Å²) >= 11 is 11.8. The zero-order valence-corrected chi connectivity index (χ0v) is 12.7. The lowest BCUT2D eigenvalue weighted by Crippen LogP contribution is -2.14. The van der Waals surface area contributed by atoms with Crippen LogP contribution in [0.3, 0.4) is 0 Å². The lowest BCUT2D eigenvalue weighted by Gasteiger charge is -2.15. The van der Waals surface area contributed by atoms with Gasteiger partial charge >= 0.3 is 0 Å². The van der Waals surface area contributed by atoms with Gasteiger partial charge in [-0.25, -0.2) is 9.07 Å². The molecule has 0 atom stereocenters. The standard InChI is InChI=1S/C14H12Cl2FN3/c1-14(2,3)12-9(7-18)13(16)20(19-12)8-4-5-10(15)11(17)6-8/h4-6H,1-3H3. The third-order valence-corrected chi connectivity index (χ3v) is 3.45. The minimum atomic E-state index is -0.563. The molecule has 1 aromatic heterocycles. The Hall–Kier alpha value is -1.57. The number of benzene rings is 1. The first-order valence-corrected chi connectivity index (χ1v) is 6.66. The smallest absolute Gasteiger partial charge is 0.150 e. The summed E-state index contributed by atoms with van der Waals surface area (Å²) in [5, 5.41) is 13.8. The number of nitrogens with zero attached hydrogens (tertiary/aromatic N) is 3. The second-order valence-electron chi connectivity index (χ2n) is 5.39. The van der Waals surface area contributed by atoms with Crippen LogP contribution in [0, 0.1) is 17.1 Å². The second kappa shape index (κ2) is 5.08. The Kier molecular flexibility index (Phi) is 3.77. The van der Waals surface area contributed by atoms with E-state index in [1.807, 2.05) is 20.8 Å². The SMILES string of the molecule is CC(C)(C)c1nn(-c2ccc(Cl)c(F)c2)c(Cl)c1C#N.